The minimum Gasteiger partial charge on any atom is -0.416 e. The molecule has 8 heteroatoms. The molecule has 0 saturated heterocycles. The second-order valence-corrected chi connectivity index (χ2v) is 4.59. The first-order valence-corrected chi connectivity index (χ1v) is 6.17. The molecule has 1 aromatic carbocycles. The fourth-order valence-electron chi connectivity index (χ4n) is 1.48. The maximum absolute atomic E-state index is 11.0. The van der Waals surface area contributed by atoms with Gasteiger partial charge in [-0.25, -0.2) is 4.98 Å². The van der Waals surface area contributed by atoms with Gasteiger partial charge < -0.3 is 4.74 Å². The number of hydrogen-bond donors (Lipinski definition) is 0. The molecule has 2 aromatic rings. The third-order valence-corrected chi connectivity index (χ3v) is 2.91. The minimum atomic E-state index is -0.568. The molecule has 0 aliphatic rings. The predicted octanol–water partition coefficient (Wildman–Crippen LogP) is 3.12. The van der Waals surface area contributed by atoms with Crippen LogP contribution in [0, 0.1) is 28.4 Å². The van der Waals surface area contributed by atoms with Crippen molar-refractivity contribution in [2.45, 2.75) is 6.92 Å². The number of rotatable bonds is 3. The second kappa shape index (κ2) is 5.63. The zero-order valence-electron chi connectivity index (χ0n) is 10.2. The molecular formula is C12H7BrN4O3. The summed E-state index contributed by atoms with van der Waals surface area (Å²) in [5.74, 6) is -0.00742. The highest BCUT2D eigenvalue weighted by Gasteiger charge is 2.20. The molecular weight excluding hydrogens is 328 g/mol. The average Bonchev–Trinajstić information content (AvgIpc) is 2.40. The summed E-state index contributed by atoms with van der Waals surface area (Å²) < 4.78 is 5.76. The first-order valence-electron chi connectivity index (χ1n) is 5.38. The Balaban J connectivity index is 2.48. The fourth-order valence-corrected chi connectivity index (χ4v) is 1.91. The van der Waals surface area contributed by atoms with Gasteiger partial charge in [0.2, 0.25) is 5.75 Å². The zero-order chi connectivity index (χ0) is 14.7. The van der Waals surface area contributed by atoms with E-state index in [1.807, 2.05) is 6.07 Å². The highest BCUT2D eigenvalue weighted by Crippen LogP contribution is 2.36. The van der Waals surface area contributed by atoms with E-state index in [-0.39, 0.29) is 23.1 Å². The van der Waals surface area contributed by atoms with Crippen molar-refractivity contribution in [1.82, 2.24) is 9.97 Å². The molecule has 0 atom stereocenters. The largest absolute Gasteiger partial charge is 0.416 e. The van der Waals surface area contributed by atoms with E-state index in [2.05, 4.69) is 25.9 Å². The first-order chi connectivity index (χ1) is 9.51. The van der Waals surface area contributed by atoms with Crippen LogP contribution in [0.1, 0.15) is 11.4 Å². The van der Waals surface area contributed by atoms with Crippen LogP contribution < -0.4 is 4.74 Å². The van der Waals surface area contributed by atoms with Crippen LogP contribution >= 0.6 is 15.9 Å². The number of nitrogens with zero attached hydrogens (tertiary/aromatic N) is 4. The summed E-state index contributed by atoms with van der Waals surface area (Å²) in [6.07, 6.45) is 0. The monoisotopic (exact) mass is 334 g/mol. The fraction of sp³-hybridized carbons (Fsp3) is 0.0833. The zero-order valence-corrected chi connectivity index (χ0v) is 11.8. The molecule has 2 rings (SSSR count). The molecule has 0 unspecified atom stereocenters. The number of ether oxygens (including phenoxy) is 1. The van der Waals surface area contributed by atoms with E-state index in [0.717, 1.165) is 0 Å². The number of nitriles is 1. The highest BCUT2D eigenvalue weighted by atomic mass is 79.9. The van der Waals surface area contributed by atoms with E-state index < -0.39 is 4.92 Å². The molecule has 0 bridgehead atoms. The van der Waals surface area contributed by atoms with Crippen LogP contribution in [0.2, 0.25) is 0 Å². The standard InChI is InChI=1S/C12H7BrN4O3/c1-7-5-8(6-14)16-12(15-7)20-11-9(13)3-2-4-10(11)17(18)19/h2-5H,1H3. The van der Waals surface area contributed by atoms with Crippen molar-refractivity contribution in [2.24, 2.45) is 0 Å². The van der Waals surface area contributed by atoms with Crippen molar-refractivity contribution >= 4 is 21.6 Å². The van der Waals surface area contributed by atoms with Crippen molar-refractivity contribution < 1.29 is 9.66 Å². The van der Waals surface area contributed by atoms with E-state index >= 15 is 0 Å². The SMILES string of the molecule is Cc1cc(C#N)nc(Oc2c(Br)cccc2[N+](=O)[O-])n1. The maximum Gasteiger partial charge on any atom is 0.323 e. The lowest BCUT2D eigenvalue weighted by molar-refractivity contribution is -0.385. The molecule has 1 heterocycles. The third kappa shape index (κ3) is 2.89. The molecule has 20 heavy (non-hydrogen) atoms. The Bertz CT molecular complexity index is 727. The second-order valence-electron chi connectivity index (χ2n) is 3.74. The van der Waals surface area contributed by atoms with E-state index in [0.29, 0.717) is 10.2 Å². The highest BCUT2D eigenvalue weighted by molar-refractivity contribution is 9.10. The number of nitro groups is 1. The molecule has 0 saturated carbocycles. The number of aromatic nitrogens is 2. The van der Waals surface area contributed by atoms with E-state index in [9.17, 15) is 10.1 Å². The van der Waals surface area contributed by atoms with Gasteiger partial charge in [-0.3, -0.25) is 10.1 Å². The van der Waals surface area contributed by atoms with Gasteiger partial charge in [-0.2, -0.15) is 10.2 Å². The Hall–Kier alpha value is -2.53. The maximum atomic E-state index is 11.0. The van der Waals surface area contributed by atoms with Crippen LogP contribution in [0.25, 0.3) is 0 Å². The Labute approximate surface area is 122 Å². The van der Waals surface area contributed by atoms with Crippen molar-refractivity contribution in [3.05, 3.63) is 50.2 Å². The normalized spacial score (nSPS) is 9.85. The summed E-state index contributed by atoms with van der Waals surface area (Å²) in [6, 6.07) is 7.67. The Morgan fingerprint density at radius 1 is 1.45 bits per heavy atom. The van der Waals surface area contributed by atoms with Gasteiger partial charge in [-0.15, -0.1) is 0 Å². The molecule has 0 amide bonds. The number of aryl methyl sites for hydroxylation is 1. The molecule has 0 aliphatic carbocycles. The van der Waals surface area contributed by atoms with Crippen LogP contribution in [0.5, 0.6) is 11.8 Å². The quantitative estimate of drug-likeness (QED) is 0.631. The number of nitro benzene ring substituents is 1. The van der Waals surface area contributed by atoms with Gasteiger partial charge in [0.15, 0.2) is 0 Å². The Morgan fingerprint density at radius 3 is 2.85 bits per heavy atom. The van der Waals surface area contributed by atoms with Gasteiger partial charge in [0.1, 0.15) is 11.8 Å². The predicted molar refractivity (Wildman–Crippen MR) is 72.4 cm³/mol. The minimum absolute atomic E-state index is 0.00742. The van der Waals surface area contributed by atoms with Crippen LogP contribution in [0.3, 0.4) is 0 Å². The topological polar surface area (TPSA) is 102 Å². The molecule has 0 N–H and O–H groups in total. The smallest absolute Gasteiger partial charge is 0.323 e. The van der Waals surface area contributed by atoms with Gasteiger partial charge in [0.25, 0.3) is 0 Å². The first kappa shape index (κ1) is 13.9. The van der Waals surface area contributed by atoms with Gasteiger partial charge in [0.05, 0.1) is 9.40 Å². The van der Waals surface area contributed by atoms with Gasteiger partial charge in [-0.05, 0) is 35.0 Å². The lowest BCUT2D eigenvalue weighted by Gasteiger charge is -2.07. The van der Waals surface area contributed by atoms with E-state index in [4.69, 9.17) is 10.00 Å². The Kier molecular flexibility index (Phi) is 3.91. The lowest BCUT2D eigenvalue weighted by atomic mass is 10.3. The van der Waals surface area contributed by atoms with Gasteiger partial charge in [0, 0.05) is 11.8 Å². The van der Waals surface area contributed by atoms with Crippen LogP contribution in [0.4, 0.5) is 5.69 Å². The Morgan fingerprint density at radius 2 is 2.20 bits per heavy atom. The summed E-state index contributed by atoms with van der Waals surface area (Å²) >= 11 is 3.18. The van der Waals surface area contributed by atoms with E-state index in [1.54, 1.807) is 13.0 Å². The molecule has 100 valence electrons. The number of hydrogen-bond acceptors (Lipinski definition) is 6. The molecule has 7 nitrogen and oxygen atoms in total. The molecule has 0 fully saturated rings. The third-order valence-electron chi connectivity index (χ3n) is 2.28. The number of benzene rings is 1. The summed E-state index contributed by atoms with van der Waals surface area (Å²) in [6.45, 7) is 1.67. The summed E-state index contributed by atoms with van der Waals surface area (Å²) in [5.41, 5.74) is 0.437. The van der Waals surface area contributed by atoms with Crippen LogP contribution in [-0.4, -0.2) is 14.9 Å². The molecule has 0 spiro atoms. The molecule has 0 aliphatic heterocycles. The lowest BCUT2D eigenvalue weighted by Crippen LogP contribution is -1.99. The number of halogens is 1. The summed E-state index contributed by atoms with van der Waals surface area (Å²) in [4.78, 5) is 18.2. The van der Waals surface area contributed by atoms with Crippen molar-refractivity contribution in [3.63, 3.8) is 0 Å². The summed E-state index contributed by atoms with van der Waals surface area (Å²) in [5, 5.41) is 19.8. The van der Waals surface area contributed by atoms with Crippen LogP contribution in [0.15, 0.2) is 28.7 Å². The van der Waals surface area contributed by atoms with Crippen molar-refractivity contribution in [2.75, 3.05) is 0 Å². The van der Waals surface area contributed by atoms with E-state index in [1.165, 1.54) is 18.2 Å². The van der Waals surface area contributed by atoms with Crippen molar-refractivity contribution in [3.8, 4) is 17.8 Å². The van der Waals surface area contributed by atoms with Crippen molar-refractivity contribution in [1.29, 1.82) is 5.26 Å². The number of para-hydroxylation sites is 1. The summed E-state index contributed by atoms with van der Waals surface area (Å²) in [7, 11) is 0. The average molecular weight is 335 g/mol. The molecule has 0 radical (unpaired) electrons. The van der Waals surface area contributed by atoms with Gasteiger partial charge in [-0.1, -0.05) is 6.07 Å². The van der Waals surface area contributed by atoms with Gasteiger partial charge >= 0.3 is 11.7 Å². The van der Waals surface area contributed by atoms with Crippen LogP contribution in [-0.2, 0) is 0 Å². The molecule has 1 aromatic heterocycles.